The number of aromatic amines is 1. The zero-order chi connectivity index (χ0) is 13.8. The highest BCUT2D eigenvalue weighted by molar-refractivity contribution is 9.10. The topological polar surface area (TPSA) is 55.0 Å². The number of benzene rings is 1. The van der Waals surface area contributed by atoms with E-state index in [-0.39, 0.29) is 5.56 Å². The number of nitrogens with zero attached hydrogens (tertiary/aromatic N) is 1. The fourth-order valence-electron chi connectivity index (χ4n) is 1.80. The number of ether oxygens (including phenoxy) is 1. The summed E-state index contributed by atoms with van der Waals surface area (Å²) in [5.41, 5.74) is 2.59. The second-order valence-electron chi connectivity index (χ2n) is 4.16. The van der Waals surface area contributed by atoms with Crippen molar-refractivity contribution >= 4 is 15.9 Å². The molecule has 4 nitrogen and oxygen atoms in total. The zero-order valence-electron chi connectivity index (χ0n) is 10.9. The van der Waals surface area contributed by atoms with Gasteiger partial charge < -0.3 is 9.72 Å². The van der Waals surface area contributed by atoms with Gasteiger partial charge in [-0.1, -0.05) is 31.2 Å². The number of halogens is 1. The monoisotopic (exact) mass is 322 g/mol. The third-order valence-electron chi connectivity index (χ3n) is 2.80. The van der Waals surface area contributed by atoms with Gasteiger partial charge in [0.2, 0.25) is 0 Å². The van der Waals surface area contributed by atoms with Crippen molar-refractivity contribution in [3.05, 3.63) is 50.3 Å². The molecule has 0 bridgehead atoms. The summed E-state index contributed by atoms with van der Waals surface area (Å²) in [6.45, 7) is 2.54. The quantitative estimate of drug-likeness (QED) is 0.941. The van der Waals surface area contributed by atoms with Gasteiger partial charge in [0.05, 0.1) is 12.3 Å². The molecule has 1 aromatic heterocycles. The van der Waals surface area contributed by atoms with Crippen molar-refractivity contribution in [1.82, 2.24) is 9.97 Å². The fraction of sp³-hybridized carbons (Fsp3) is 0.286. The van der Waals surface area contributed by atoms with E-state index in [2.05, 4.69) is 25.9 Å². The number of H-pyrrole nitrogens is 1. The van der Waals surface area contributed by atoms with E-state index >= 15 is 0 Å². The van der Waals surface area contributed by atoms with E-state index in [4.69, 9.17) is 4.74 Å². The lowest BCUT2D eigenvalue weighted by Gasteiger charge is -2.06. The molecule has 100 valence electrons. The standard InChI is InChI=1S/C14H15BrN2O2/c1-3-11-12(15)14(18)17-13(16-11)10-6-4-9(5-7-10)8-19-2/h4-7H,3,8H2,1-2H3,(H,16,17,18). The first-order chi connectivity index (χ1) is 9.15. The van der Waals surface area contributed by atoms with Gasteiger partial charge in [0.15, 0.2) is 0 Å². The van der Waals surface area contributed by atoms with Gasteiger partial charge in [-0.2, -0.15) is 0 Å². The summed E-state index contributed by atoms with van der Waals surface area (Å²) in [5, 5.41) is 0. The molecule has 0 fully saturated rings. The van der Waals surface area contributed by atoms with Crippen LogP contribution in [0.5, 0.6) is 0 Å². The molecular formula is C14H15BrN2O2. The predicted molar refractivity (Wildman–Crippen MR) is 78.1 cm³/mol. The molecule has 0 spiro atoms. The molecule has 0 saturated carbocycles. The van der Waals surface area contributed by atoms with Gasteiger partial charge in [-0.3, -0.25) is 4.79 Å². The summed E-state index contributed by atoms with van der Waals surface area (Å²) >= 11 is 3.26. The van der Waals surface area contributed by atoms with E-state index in [1.54, 1.807) is 7.11 Å². The number of methoxy groups -OCH3 is 1. The first-order valence-electron chi connectivity index (χ1n) is 6.02. The molecule has 0 aliphatic heterocycles. The SMILES string of the molecule is CCc1nc(-c2ccc(COC)cc2)[nH]c(=O)c1Br. The van der Waals surface area contributed by atoms with Crippen LogP contribution in [0.15, 0.2) is 33.5 Å². The summed E-state index contributed by atoms with van der Waals surface area (Å²) in [5.74, 6) is 0.592. The highest BCUT2D eigenvalue weighted by Gasteiger charge is 2.08. The van der Waals surface area contributed by atoms with Gasteiger partial charge in [0, 0.05) is 12.7 Å². The van der Waals surface area contributed by atoms with E-state index in [0.717, 1.165) is 16.8 Å². The molecule has 2 aromatic rings. The molecule has 0 unspecified atom stereocenters. The molecule has 19 heavy (non-hydrogen) atoms. The Morgan fingerprint density at radius 3 is 2.58 bits per heavy atom. The molecular weight excluding hydrogens is 308 g/mol. The largest absolute Gasteiger partial charge is 0.380 e. The minimum Gasteiger partial charge on any atom is -0.380 e. The van der Waals surface area contributed by atoms with Crippen LogP contribution in [0, 0.1) is 0 Å². The lowest BCUT2D eigenvalue weighted by atomic mass is 10.1. The zero-order valence-corrected chi connectivity index (χ0v) is 12.5. The predicted octanol–water partition coefficient (Wildman–Crippen LogP) is 2.91. The van der Waals surface area contributed by atoms with Crippen molar-refractivity contribution in [3.63, 3.8) is 0 Å². The lowest BCUT2D eigenvalue weighted by molar-refractivity contribution is 0.185. The van der Waals surface area contributed by atoms with Crippen LogP contribution in [0.2, 0.25) is 0 Å². The average Bonchev–Trinajstić information content (AvgIpc) is 2.43. The lowest BCUT2D eigenvalue weighted by Crippen LogP contribution is -2.13. The average molecular weight is 323 g/mol. The maximum absolute atomic E-state index is 11.8. The van der Waals surface area contributed by atoms with Crippen molar-refractivity contribution in [1.29, 1.82) is 0 Å². The minimum absolute atomic E-state index is 0.150. The Morgan fingerprint density at radius 2 is 2.00 bits per heavy atom. The van der Waals surface area contributed by atoms with Crippen LogP contribution < -0.4 is 5.56 Å². The molecule has 0 saturated heterocycles. The van der Waals surface area contributed by atoms with Gasteiger partial charge in [0.1, 0.15) is 10.3 Å². The molecule has 1 N–H and O–H groups in total. The van der Waals surface area contributed by atoms with E-state index in [1.165, 1.54) is 0 Å². The van der Waals surface area contributed by atoms with E-state index in [1.807, 2.05) is 31.2 Å². The summed E-state index contributed by atoms with van der Waals surface area (Å²) in [4.78, 5) is 19.0. The van der Waals surface area contributed by atoms with Crippen molar-refractivity contribution < 1.29 is 4.74 Å². The third-order valence-corrected chi connectivity index (χ3v) is 3.62. The van der Waals surface area contributed by atoms with E-state index in [0.29, 0.717) is 23.3 Å². The molecule has 1 heterocycles. The number of aromatic nitrogens is 2. The second kappa shape index (κ2) is 6.12. The van der Waals surface area contributed by atoms with Crippen molar-refractivity contribution in [2.45, 2.75) is 20.0 Å². The molecule has 0 aliphatic carbocycles. The van der Waals surface area contributed by atoms with Crippen LogP contribution in [0.3, 0.4) is 0 Å². The fourth-order valence-corrected chi connectivity index (χ4v) is 2.27. The van der Waals surface area contributed by atoms with Gasteiger partial charge in [-0.25, -0.2) is 4.98 Å². The summed E-state index contributed by atoms with van der Waals surface area (Å²) in [7, 11) is 1.66. The molecule has 5 heteroatoms. The number of hydrogen-bond acceptors (Lipinski definition) is 3. The molecule has 0 radical (unpaired) electrons. The first kappa shape index (κ1) is 14.0. The van der Waals surface area contributed by atoms with Crippen molar-refractivity contribution in [2.24, 2.45) is 0 Å². The van der Waals surface area contributed by atoms with Crippen LogP contribution >= 0.6 is 15.9 Å². The Kier molecular flexibility index (Phi) is 4.50. The van der Waals surface area contributed by atoms with Crippen LogP contribution in [0.4, 0.5) is 0 Å². The number of hydrogen-bond donors (Lipinski definition) is 1. The van der Waals surface area contributed by atoms with Crippen LogP contribution in [0.25, 0.3) is 11.4 Å². The van der Waals surface area contributed by atoms with Gasteiger partial charge >= 0.3 is 0 Å². The highest BCUT2D eigenvalue weighted by Crippen LogP contribution is 2.18. The number of rotatable bonds is 4. The van der Waals surface area contributed by atoms with Crippen molar-refractivity contribution in [2.75, 3.05) is 7.11 Å². The highest BCUT2D eigenvalue weighted by atomic mass is 79.9. The van der Waals surface area contributed by atoms with Crippen molar-refractivity contribution in [3.8, 4) is 11.4 Å². The minimum atomic E-state index is -0.150. The number of aryl methyl sites for hydroxylation is 1. The number of nitrogens with one attached hydrogen (secondary N) is 1. The summed E-state index contributed by atoms with van der Waals surface area (Å²) in [6.07, 6.45) is 0.708. The molecule has 0 aliphatic rings. The van der Waals surface area contributed by atoms with Gasteiger partial charge in [-0.15, -0.1) is 0 Å². The molecule has 0 amide bonds. The van der Waals surface area contributed by atoms with Crippen LogP contribution in [-0.2, 0) is 17.8 Å². The Morgan fingerprint density at radius 1 is 1.32 bits per heavy atom. The molecule has 2 rings (SSSR count). The van der Waals surface area contributed by atoms with Crippen LogP contribution in [-0.4, -0.2) is 17.1 Å². The van der Waals surface area contributed by atoms with E-state index in [9.17, 15) is 4.79 Å². The second-order valence-corrected chi connectivity index (χ2v) is 4.95. The Labute approximate surface area is 120 Å². The Bertz CT molecular complexity index is 620. The molecule has 1 aromatic carbocycles. The first-order valence-corrected chi connectivity index (χ1v) is 6.82. The van der Waals surface area contributed by atoms with Gasteiger partial charge in [0.25, 0.3) is 5.56 Å². The summed E-state index contributed by atoms with van der Waals surface area (Å²) < 4.78 is 5.57. The molecule has 0 atom stereocenters. The third kappa shape index (κ3) is 3.11. The van der Waals surface area contributed by atoms with Gasteiger partial charge in [-0.05, 0) is 27.9 Å². The van der Waals surface area contributed by atoms with Crippen LogP contribution in [0.1, 0.15) is 18.2 Å². The maximum atomic E-state index is 11.8. The Hall–Kier alpha value is -1.46. The smallest absolute Gasteiger partial charge is 0.265 e. The maximum Gasteiger partial charge on any atom is 0.265 e. The summed E-state index contributed by atoms with van der Waals surface area (Å²) in [6, 6.07) is 7.79. The van der Waals surface area contributed by atoms with E-state index < -0.39 is 0 Å². The normalized spacial score (nSPS) is 10.7. The Balaban J connectivity index is 2.41.